The first kappa shape index (κ1) is 33.0. The van der Waals surface area contributed by atoms with E-state index in [-0.39, 0.29) is 17.5 Å². The summed E-state index contributed by atoms with van der Waals surface area (Å²) >= 11 is 0. The number of ether oxygens (including phenoxy) is 1. The average molecular weight is 635 g/mol. The van der Waals surface area contributed by atoms with Crippen molar-refractivity contribution in [1.82, 2.24) is 14.8 Å². The van der Waals surface area contributed by atoms with Crippen molar-refractivity contribution in [3.8, 4) is 0 Å². The molecule has 1 aliphatic carbocycles. The molecule has 4 N–H and O–H groups in total. The topological polar surface area (TPSA) is 144 Å². The summed E-state index contributed by atoms with van der Waals surface area (Å²) in [5.74, 6) is -3.19. The van der Waals surface area contributed by atoms with Crippen LogP contribution in [0.4, 0.5) is 9.18 Å². The van der Waals surface area contributed by atoms with Crippen molar-refractivity contribution in [2.24, 2.45) is 24.6 Å². The number of nitrogens with two attached hydrogens (primary N) is 1. The zero-order chi connectivity index (χ0) is 33.3. The summed E-state index contributed by atoms with van der Waals surface area (Å²) in [5.41, 5.74) is 7.43. The summed E-state index contributed by atoms with van der Waals surface area (Å²) in [6.07, 6.45) is 1.43. The molecule has 2 unspecified atom stereocenters. The van der Waals surface area contributed by atoms with Gasteiger partial charge < -0.3 is 30.4 Å². The fraction of sp³-hybridized carbons (Fsp3) is 0.486. The molecule has 0 spiro atoms. The Labute approximate surface area is 268 Å². The lowest BCUT2D eigenvalue weighted by Gasteiger charge is -2.37. The van der Waals surface area contributed by atoms with Crippen molar-refractivity contribution < 1.29 is 33.4 Å². The molecule has 1 aliphatic heterocycles. The van der Waals surface area contributed by atoms with Crippen LogP contribution in [0.1, 0.15) is 86.5 Å². The van der Waals surface area contributed by atoms with E-state index in [1.807, 2.05) is 54.6 Å². The molecule has 3 amide bonds. The van der Waals surface area contributed by atoms with Gasteiger partial charge >= 0.3 is 12.1 Å². The first-order valence-electron chi connectivity index (χ1n) is 15.8. The minimum absolute atomic E-state index is 0.0589. The minimum Gasteiger partial charge on any atom is -0.477 e. The summed E-state index contributed by atoms with van der Waals surface area (Å²) in [4.78, 5) is 54.4. The molecular formula is C35H43FN4O6. The minimum atomic E-state index is -1.13. The Morgan fingerprint density at radius 1 is 1.02 bits per heavy atom. The number of primary amides is 1. The lowest BCUT2D eigenvalue weighted by molar-refractivity contribution is -0.144. The van der Waals surface area contributed by atoms with E-state index in [1.54, 1.807) is 37.3 Å². The Morgan fingerprint density at radius 3 is 2.24 bits per heavy atom. The number of aromatic nitrogens is 1. The van der Waals surface area contributed by atoms with E-state index < -0.39 is 60.2 Å². The molecule has 1 aromatic heterocycles. The molecule has 1 saturated heterocycles. The van der Waals surface area contributed by atoms with E-state index in [1.165, 1.54) is 0 Å². The van der Waals surface area contributed by atoms with Crippen molar-refractivity contribution in [3.05, 3.63) is 71.4 Å². The number of hydrogen-bond acceptors (Lipinski definition) is 5. The Balaban J connectivity index is 1.48. The quantitative estimate of drug-likeness (QED) is 0.300. The molecule has 2 fully saturated rings. The molecule has 11 heteroatoms. The molecule has 4 atom stereocenters. The van der Waals surface area contributed by atoms with Crippen molar-refractivity contribution in [1.29, 1.82) is 0 Å². The van der Waals surface area contributed by atoms with Crippen LogP contribution < -0.4 is 11.1 Å². The maximum absolute atomic E-state index is 14.6. The highest BCUT2D eigenvalue weighted by atomic mass is 19.1. The summed E-state index contributed by atoms with van der Waals surface area (Å²) in [5, 5.41) is 13.7. The van der Waals surface area contributed by atoms with Crippen LogP contribution in [0.3, 0.4) is 0 Å². The zero-order valence-electron chi connectivity index (χ0n) is 26.7. The van der Waals surface area contributed by atoms with Gasteiger partial charge in [-0.3, -0.25) is 9.59 Å². The van der Waals surface area contributed by atoms with Crippen LogP contribution in [0.5, 0.6) is 0 Å². The fourth-order valence-corrected chi connectivity index (χ4v) is 7.51. The number of carboxylic acids is 1. The Morgan fingerprint density at radius 2 is 1.65 bits per heavy atom. The molecule has 2 aromatic carbocycles. The van der Waals surface area contributed by atoms with Crippen LogP contribution >= 0.6 is 0 Å². The number of halogens is 1. The second kappa shape index (κ2) is 13.1. The number of carbonyl (C=O) groups is 4. The van der Waals surface area contributed by atoms with Gasteiger partial charge in [-0.1, -0.05) is 48.5 Å². The number of carboxylic acid groups (broad SMARTS) is 1. The van der Waals surface area contributed by atoms with Gasteiger partial charge in [0.2, 0.25) is 11.8 Å². The number of carbonyl (C=O) groups excluding carboxylic acids is 3. The Kier molecular flexibility index (Phi) is 9.42. The predicted octanol–water partition coefficient (Wildman–Crippen LogP) is 5.46. The summed E-state index contributed by atoms with van der Waals surface area (Å²) in [6.45, 7) is 4.44. The number of hydrogen-bond donors (Lipinski definition) is 3. The fourth-order valence-electron chi connectivity index (χ4n) is 7.51. The highest BCUT2D eigenvalue weighted by molar-refractivity contribution is 5.99. The smallest absolute Gasteiger partial charge is 0.407 e. The van der Waals surface area contributed by atoms with Gasteiger partial charge in [-0.05, 0) is 70.4 Å². The van der Waals surface area contributed by atoms with Crippen molar-refractivity contribution in [3.63, 3.8) is 0 Å². The van der Waals surface area contributed by atoms with Gasteiger partial charge in [-0.2, -0.15) is 0 Å². The number of likely N-dealkylation sites (tertiary alicyclic amines) is 1. The molecular weight excluding hydrogens is 591 g/mol. The van der Waals surface area contributed by atoms with Crippen LogP contribution in [0.2, 0.25) is 0 Å². The average Bonchev–Trinajstić information content (AvgIpc) is 3.55. The summed E-state index contributed by atoms with van der Waals surface area (Å²) in [6, 6.07) is 14.2. The first-order chi connectivity index (χ1) is 21.8. The van der Waals surface area contributed by atoms with Crippen LogP contribution in [0, 0.1) is 11.8 Å². The molecule has 46 heavy (non-hydrogen) atoms. The highest BCUT2D eigenvalue weighted by Gasteiger charge is 2.51. The lowest BCUT2D eigenvalue weighted by Crippen LogP contribution is -2.50. The van der Waals surface area contributed by atoms with E-state index in [4.69, 9.17) is 10.5 Å². The van der Waals surface area contributed by atoms with Gasteiger partial charge in [0.1, 0.15) is 24.0 Å². The molecule has 2 aliphatic rings. The molecule has 10 nitrogen and oxygen atoms in total. The van der Waals surface area contributed by atoms with E-state index in [0.29, 0.717) is 48.6 Å². The zero-order valence-corrected chi connectivity index (χ0v) is 26.7. The van der Waals surface area contributed by atoms with Gasteiger partial charge in [-0.25, -0.2) is 14.0 Å². The third-order valence-electron chi connectivity index (χ3n) is 9.51. The maximum Gasteiger partial charge on any atom is 0.407 e. The molecule has 246 valence electrons. The van der Waals surface area contributed by atoms with E-state index in [0.717, 1.165) is 5.56 Å². The monoisotopic (exact) mass is 634 g/mol. The Bertz CT molecular complexity index is 1610. The predicted molar refractivity (Wildman–Crippen MR) is 171 cm³/mol. The van der Waals surface area contributed by atoms with E-state index in [2.05, 4.69) is 5.32 Å². The van der Waals surface area contributed by atoms with Gasteiger partial charge in [-0.15, -0.1) is 0 Å². The van der Waals surface area contributed by atoms with Gasteiger partial charge in [0, 0.05) is 35.3 Å². The molecule has 3 aromatic rings. The number of aromatic carboxylic acids is 1. The van der Waals surface area contributed by atoms with Crippen molar-refractivity contribution in [2.45, 2.75) is 82.5 Å². The molecule has 1 saturated carbocycles. The van der Waals surface area contributed by atoms with Crippen LogP contribution in [-0.4, -0.2) is 62.8 Å². The maximum atomic E-state index is 14.6. The van der Waals surface area contributed by atoms with Crippen LogP contribution in [0.25, 0.3) is 10.9 Å². The summed E-state index contributed by atoms with van der Waals surface area (Å²) in [7, 11) is 1.69. The highest BCUT2D eigenvalue weighted by Crippen LogP contribution is 2.49. The SMILES string of the molecule is Cn1c(C(=O)O)c(C2C[C@H](c3ccccc3)[C@@H](C(N)=O)N2C(=O)[C@H]2CC[C@H](C(CF)NC(=O)OC(C)(C)C)CC2)c2ccccc21. The third-order valence-corrected chi connectivity index (χ3v) is 9.51. The van der Waals surface area contributed by atoms with Crippen LogP contribution in [-0.2, 0) is 21.4 Å². The number of nitrogens with one attached hydrogen (secondary N) is 1. The van der Waals surface area contributed by atoms with Gasteiger partial charge in [0.15, 0.2) is 0 Å². The standard InChI is InChI=1S/C35H43FN4O6/c1-35(2,3)46-34(45)38-25(19-36)21-14-16-22(17-15-21)32(42)40-27(18-24(29(40)31(37)41)20-10-6-5-7-11-20)28-23-12-8-9-13-26(23)39(4)30(28)33(43)44/h5-13,21-22,24-25,27,29H,14-19H2,1-4H3,(H2,37,41)(H,38,45)(H,43,44)/t21-,22-,24-,25?,27?,29+/m1/s1. The number of benzene rings is 2. The molecule has 0 radical (unpaired) electrons. The number of aryl methyl sites for hydroxylation is 1. The number of para-hydroxylation sites is 1. The first-order valence-corrected chi connectivity index (χ1v) is 15.8. The second-order valence-electron chi connectivity index (χ2n) is 13.5. The number of alkyl carbamates (subject to hydrolysis) is 1. The third kappa shape index (κ3) is 6.45. The van der Waals surface area contributed by atoms with Crippen LogP contribution in [0.15, 0.2) is 54.6 Å². The molecule has 5 rings (SSSR count). The number of amides is 3. The second-order valence-corrected chi connectivity index (χ2v) is 13.5. The number of nitrogens with zero attached hydrogens (tertiary/aromatic N) is 2. The van der Waals surface area contributed by atoms with Crippen molar-refractivity contribution in [2.75, 3.05) is 6.67 Å². The normalized spacial score (nSPS) is 24.0. The Hall–Kier alpha value is -4.41. The van der Waals surface area contributed by atoms with E-state index >= 15 is 0 Å². The van der Waals surface area contributed by atoms with Crippen molar-refractivity contribution >= 4 is 34.8 Å². The number of rotatable bonds is 8. The van der Waals surface area contributed by atoms with Gasteiger partial charge in [0.25, 0.3) is 0 Å². The molecule has 2 heterocycles. The number of alkyl halides is 1. The van der Waals surface area contributed by atoms with Gasteiger partial charge in [0.05, 0.1) is 12.1 Å². The molecule has 0 bridgehead atoms. The summed E-state index contributed by atoms with van der Waals surface area (Å²) < 4.78 is 21.0. The number of fused-ring (bicyclic) bond motifs is 1. The lowest BCUT2D eigenvalue weighted by atomic mass is 9.78. The largest absolute Gasteiger partial charge is 0.477 e. The van der Waals surface area contributed by atoms with E-state index in [9.17, 15) is 28.7 Å².